The Kier molecular flexibility index (Phi) is 45.2. The molecule has 0 aromatic heterocycles. The monoisotopic (exact) mass is 821 g/mol. The number of unbranched alkanes of at least 4 members (excludes halogenated alkanes) is 34. The third-order valence-corrected chi connectivity index (χ3v) is 11.8. The first kappa shape index (κ1) is 56.4. The molecule has 0 aliphatic carbocycles. The fourth-order valence-electron chi connectivity index (χ4n) is 7.86. The van der Waals surface area contributed by atoms with Crippen molar-refractivity contribution in [3.8, 4) is 0 Å². The minimum Gasteiger partial charge on any atom is -0.462 e. The number of hydrogen-bond donors (Lipinski definition) is 0. The highest BCUT2D eigenvalue weighted by molar-refractivity contribution is 5.71. The van der Waals surface area contributed by atoms with Crippen molar-refractivity contribution in [2.45, 2.75) is 297 Å². The van der Waals surface area contributed by atoms with Gasteiger partial charge in [-0.3, -0.25) is 14.4 Å². The average molecular weight is 821 g/mol. The van der Waals surface area contributed by atoms with E-state index >= 15 is 0 Å². The van der Waals surface area contributed by atoms with E-state index in [-0.39, 0.29) is 31.1 Å². The molecule has 0 unspecified atom stereocenters. The maximum atomic E-state index is 12.8. The summed E-state index contributed by atoms with van der Waals surface area (Å²) in [5, 5.41) is 0. The third-order valence-electron chi connectivity index (χ3n) is 11.8. The van der Waals surface area contributed by atoms with E-state index in [1.165, 1.54) is 186 Å². The van der Waals surface area contributed by atoms with Crippen LogP contribution in [-0.4, -0.2) is 37.2 Å². The number of hydrogen-bond acceptors (Lipinski definition) is 6. The molecule has 0 aromatic carbocycles. The first-order chi connectivity index (χ1) is 28.4. The molecule has 0 N–H and O–H groups in total. The Hall–Kier alpha value is -1.59. The Bertz CT molecular complexity index is 872. The van der Waals surface area contributed by atoms with E-state index in [0.29, 0.717) is 19.3 Å². The van der Waals surface area contributed by atoms with Gasteiger partial charge >= 0.3 is 17.9 Å². The molecule has 0 aromatic rings. The van der Waals surface area contributed by atoms with Gasteiger partial charge < -0.3 is 14.2 Å². The second kappa shape index (κ2) is 46.5. The fraction of sp³-hybridized carbons (Fsp3) is 0.942. The fourth-order valence-corrected chi connectivity index (χ4v) is 7.86. The van der Waals surface area contributed by atoms with Crippen LogP contribution in [0.25, 0.3) is 0 Å². The van der Waals surface area contributed by atoms with Gasteiger partial charge in [-0.05, 0) is 25.2 Å². The van der Waals surface area contributed by atoms with Gasteiger partial charge in [0.2, 0.25) is 0 Å². The SMILES string of the molecule is CCCCCCCCCCCCCCCCCC(=O)OC[C@H](COC(=O)CCCCCCCCCCCCC)OC(=O)CCCCCCCCCCCCCC(C)C. The van der Waals surface area contributed by atoms with Crippen LogP contribution in [-0.2, 0) is 28.6 Å². The molecule has 0 saturated heterocycles. The summed E-state index contributed by atoms with van der Waals surface area (Å²) in [4.78, 5) is 37.9. The van der Waals surface area contributed by atoms with Crippen molar-refractivity contribution in [3.05, 3.63) is 0 Å². The van der Waals surface area contributed by atoms with Gasteiger partial charge in [0.25, 0.3) is 0 Å². The molecule has 0 bridgehead atoms. The molecule has 0 aliphatic rings. The zero-order chi connectivity index (χ0) is 42.4. The molecule has 6 heteroatoms. The molecule has 0 spiro atoms. The van der Waals surface area contributed by atoms with Crippen molar-refractivity contribution in [2.75, 3.05) is 13.2 Å². The number of carbonyl (C=O) groups is 3. The van der Waals surface area contributed by atoms with Gasteiger partial charge in [-0.15, -0.1) is 0 Å². The molecule has 0 radical (unpaired) electrons. The standard InChI is InChI=1S/C52H100O6/c1-5-7-9-11-13-15-17-18-19-20-24-28-32-36-40-44-51(54)57-47-49(46-56-50(53)43-39-35-31-27-22-16-14-12-10-8-6-2)58-52(55)45-41-37-33-29-25-21-23-26-30-34-38-42-48(3)4/h48-49H,5-47H2,1-4H3/t49-/m0/s1. The van der Waals surface area contributed by atoms with E-state index in [1.807, 2.05) is 0 Å². The van der Waals surface area contributed by atoms with Crippen molar-refractivity contribution >= 4 is 17.9 Å². The predicted molar refractivity (Wildman–Crippen MR) is 247 cm³/mol. The molecule has 0 amide bonds. The van der Waals surface area contributed by atoms with E-state index in [2.05, 4.69) is 27.7 Å². The van der Waals surface area contributed by atoms with E-state index in [0.717, 1.165) is 63.7 Å². The van der Waals surface area contributed by atoms with Gasteiger partial charge in [0, 0.05) is 19.3 Å². The maximum absolute atomic E-state index is 12.8. The van der Waals surface area contributed by atoms with Crippen molar-refractivity contribution < 1.29 is 28.6 Å². The first-order valence-electron chi connectivity index (χ1n) is 25.9. The van der Waals surface area contributed by atoms with E-state index in [4.69, 9.17) is 14.2 Å². The normalized spacial score (nSPS) is 11.9. The topological polar surface area (TPSA) is 78.9 Å². The molecule has 6 nitrogen and oxygen atoms in total. The lowest BCUT2D eigenvalue weighted by Crippen LogP contribution is -2.30. The van der Waals surface area contributed by atoms with E-state index < -0.39 is 6.10 Å². The summed E-state index contributed by atoms with van der Waals surface area (Å²) in [6, 6.07) is 0. The van der Waals surface area contributed by atoms with Crippen molar-refractivity contribution in [3.63, 3.8) is 0 Å². The van der Waals surface area contributed by atoms with Crippen LogP contribution in [0.5, 0.6) is 0 Å². The molecular formula is C52H100O6. The lowest BCUT2D eigenvalue weighted by atomic mass is 10.0. The molecule has 0 aliphatic heterocycles. The molecular weight excluding hydrogens is 721 g/mol. The minimum absolute atomic E-state index is 0.0627. The zero-order valence-electron chi connectivity index (χ0n) is 39.5. The van der Waals surface area contributed by atoms with Gasteiger partial charge in [0.15, 0.2) is 6.10 Å². The predicted octanol–water partition coefficient (Wildman–Crippen LogP) is 16.7. The van der Waals surface area contributed by atoms with E-state index in [9.17, 15) is 14.4 Å². The van der Waals surface area contributed by atoms with Crippen LogP contribution in [0.1, 0.15) is 291 Å². The highest BCUT2D eigenvalue weighted by Crippen LogP contribution is 2.17. The van der Waals surface area contributed by atoms with Crippen LogP contribution in [0.4, 0.5) is 0 Å². The van der Waals surface area contributed by atoms with Crippen LogP contribution in [0.3, 0.4) is 0 Å². The quantitative estimate of drug-likeness (QED) is 0.0346. The number of ether oxygens (including phenoxy) is 3. The van der Waals surface area contributed by atoms with Crippen LogP contribution in [0.2, 0.25) is 0 Å². The highest BCUT2D eigenvalue weighted by atomic mass is 16.6. The van der Waals surface area contributed by atoms with Gasteiger partial charge in [0.1, 0.15) is 13.2 Å². The summed E-state index contributed by atoms with van der Waals surface area (Å²) in [5.74, 6) is -0.0199. The summed E-state index contributed by atoms with van der Waals surface area (Å²) < 4.78 is 16.8. The van der Waals surface area contributed by atoms with Gasteiger partial charge in [0.05, 0.1) is 0 Å². The lowest BCUT2D eigenvalue weighted by Gasteiger charge is -2.18. The summed E-state index contributed by atoms with van der Waals surface area (Å²) in [7, 11) is 0. The summed E-state index contributed by atoms with van der Waals surface area (Å²) >= 11 is 0. The lowest BCUT2D eigenvalue weighted by molar-refractivity contribution is -0.167. The Morgan fingerprint density at radius 3 is 0.845 bits per heavy atom. The van der Waals surface area contributed by atoms with Crippen LogP contribution in [0, 0.1) is 5.92 Å². The summed E-state index contributed by atoms with van der Waals surface area (Å²) in [6.07, 6.45) is 48.0. The smallest absolute Gasteiger partial charge is 0.306 e. The van der Waals surface area contributed by atoms with Crippen LogP contribution < -0.4 is 0 Å². The largest absolute Gasteiger partial charge is 0.462 e. The molecule has 0 fully saturated rings. The van der Waals surface area contributed by atoms with Crippen molar-refractivity contribution in [1.82, 2.24) is 0 Å². The Morgan fingerprint density at radius 1 is 0.328 bits per heavy atom. The Labute approximate surface area is 361 Å². The third kappa shape index (κ3) is 45.5. The molecule has 344 valence electrons. The number of carbonyl (C=O) groups excluding carboxylic acids is 3. The van der Waals surface area contributed by atoms with Gasteiger partial charge in [-0.1, -0.05) is 252 Å². The van der Waals surface area contributed by atoms with Crippen LogP contribution >= 0.6 is 0 Å². The van der Waals surface area contributed by atoms with Crippen molar-refractivity contribution in [1.29, 1.82) is 0 Å². The van der Waals surface area contributed by atoms with Gasteiger partial charge in [-0.2, -0.15) is 0 Å². The average Bonchev–Trinajstić information content (AvgIpc) is 3.21. The summed E-state index contributed by atoms with van der Waals surface area (Å²) in [6.45, 7) is 9.02. The molecule has 0 heterocycles. The number of rotatable bonds is 47. The molecule has 0 saturated carbocycles. The Balaban J connectivity index is 4.30. The Morgan fingerprint density at radius 2 is 0.569 bits per heavy atom. The van der Waals surface area contributed by atoms with Crippen molar-refractivity contribution in [2.24, 2.45) is 5.92 Å². The van der Waals surface area contributed by atoms with Gasteiger partial charge in [-0.25, -0.2) is 0 Å². The maximum Gasteiger partial charge on any atom is 0.306 e. The number of esters is 3. The van der Waals surface area contributed by atoms with E-state index in [1.54, 1.807) is 0 Å². The minimum atomic E-state index is -0.760. The summed E-state index contributed by atoms with van der Waals surface area (Å²) in [5.41, 5.74) is 0. The van der Waals surface area contributed by atoms with Crippen LogP contribution in [0.15, 0.2) is 0 Å². The second-order valence-corrected chi connectivity index (χ2v) is 18.3. The first-order valence-corrected chi connectivity index (χ1v) is 25.9. The zero-order valence-corrected chi connectivity index (χ0v) is 39.5. The molecule has 1 atom stereocenters. The molecule has 0 rings (SSSR count). The second-order valence-electron chi connectivity index (χ2n) is 18.3. The highest BCUT2D eigenvalue weighted by Gasteiger charge is 2.19. The molecule has 58 heavy (non-hydrogen) atoms.